The highest BCUT2D eigenvalue weighted by molar-refractivity contribution is 7.88. The second kappa shape index (κ2) is 9.25. The van der Waals surface area contributed by atoms with Crippen molar-refractivity contribution in [2.45, 2.75) is 31.5 Å². The van der Waals surface area contributed by atoms with Crippen LogP contribution in [0, 0.1) is 6.92 Å². The molecule has 0 fully saturated rings. The molecule has 7 nitrogen and oxygen atoms in total. The lowest BCUT2D eigenvalue weighted by Crippen LogP contribution is -2.21. The van der Waals surface area contributed by atoms with Crippen LogP contribution in [0.2, 0.25) is 5.02 Å². The van der Waals surface area contributed by atoms with Gasteiger partial charge in [-0.2, -0.15) is 0 Å². The maximum atomic E-state index is 11.9. The summed E-state index contributed by atoms with van der Waals surface area (Å²) in [4.78, 5) is 11.8. The molecule has 0 spiro atoms. The summed E-state index contributed by atoms with van der Waals surface area (Å²) in [7, 11) is -0.828. The standard InChI is InChI=1S/C18H22ClNO6S/c1-13-11-14(6-8-16(13)19)24-10-4-5-17(21)25-12-15-7-9-18(26-15)27(22,23)20(2)3/h6-9,11H,4-5,10,12H2,1-3H3. The van der Waals surface area contributed by atoms with Crippen molar-refractivity contribution in [2.24, 2.45) is 0 Å². The average molecular weight is 416 g/mol. The summed E-state index contributed by atoms with van der Waals surface area (Å²) < 4.78 is 40.8. The molecule has 0 saturated carbocycles. The number of esters is 1. The number of hydrogen-bond acceptors (Lipinski definition) is 6. The van der Waals surface area contributed by atoms with Gasteiger partial charge in [-0.05, 0) is 49.2 Å². The molecule has 0 N–H and O–H groups in total. The predicted molar refractivity (Wildman–Crippen MR) is 100 cm³/mol. The third-order valence-electron chi connectivity index (χ3n) is 3.67. The van der Waals surface area contributed by atoms with Crippen molar-refractivity contribution in [3.63, 3.8) is 0 Å². The topological polar surface area (TPSA) is 86.0 Å². The summed E-state index contributed by atoms with van der Waals surface area (Å²) in [6, 6.07) is 8.16. The van der Waals surface area contributed by atoms with Gasteiger partial charge in [0.25, 0.3) is 10.0 Å². The van der Waals surface area contributed by atoms with Crippen LogP contribution in [0.4, 0.5) is 0 Å². The average Bonchev–Trinajstić information content (AvgIpc) is 3.09. The Kier molecular flexibility index (Phi) is 7.29. The second-order valence-corrected chi connectivity index (χ2v) is 8.52. The number of nitrogens with zero attached hydrogens (tertiary/aromatic N) is 1. The van der Waals surface area contributed by atoms with Gasteiger partial charge in [0.15, 0.2) is 0 Å². The fourth-order valence-electron chi connectivity index (χ4n) is 2.09. The van der Waals surface area contributed by atoms with E-state index in [1.54, 1.807) is 12.1 Å². The predicted octanol–water partition coefficient (Wildman–Crippen LogP) is 3.39. The SMILES string of the molecule is Cc1cc(OCCCC(=O)OCc2ccc(S(=O)(=O)N(C)C)o2)ccc1Cl. The fraction of sp³-hybridized carbons (Fsp3) is 0.389. The van der Waals surface area contributed by atoms with Gasteiger partial charge in [-0.3, -0.25) is 4.79 Å². The van der Waals surface area contributed by atoms with Gasteiger partial charge in [-0.1, -0.05) is 11.6 Å². The van der Waals surface area contributed by atoms with E-state index in [0.717, 1.165) is 9.87 Å². The van der Waals surface area contributed by atoms with E-state index >= 15 is 0 Å². The van der Waals surface area contributed by atoms with Crippen molar-refractivity contribution in [1.82, 2.24) is 4.31 Å². The van der Waals surface area contributed by atoms with E-state index in [1.165, 1.54) is 26.2 Å². The zero-order valence-electron chi connectivity index (χ0n) is 15.4. The summed E-state index contributed by atoms with van der Waals surface area (Å²) in [5, 5.41) is 0.482. The highest BCUT2D eigenvalue weighted by atomic mass is 35.5. The zero-order chi connectivity index (χ0) is 20.0. The second-order valence-electron chi connectivity index (χ2n) is 6.03. The first-order chi connectivity index (χ1) is 12.7. The number of benzene rings is 1. The Balaban J connectivity index is 1.72. The van der Waals surface area contributed by atoms with Gasteiger partial charge < -0.3 is 13.9 Å². The lowest BCUT2D eigenvalue weighted by molar-refractivity contribution is -0.145. The van der Waals surface area contributed by atoms with Gasteiger partial charge in [-0.15, -0.1) is 0 Å². The first kappa shape index (κ1) is 21.3. The van der Waals surface area contributed by atoms with Crippen molar-refractivity contribution < 1.29 is 27.1 Å². The molecule has 1 aromatic carbocycles. The molecule has 0 aliphatic rings. The summed E-state index contributed by atoms with van der Waals surface area (Å²) in [5.41, 5.74) is 0.919. The lowest BCUT2D eigenvalue weighted by atomic mass is 10.2. The number of sulfonamides is 1. The molecular formula is C18H22ClNO6S. The number of aryl methyl sites for hydroxylation is 1. The Labute approximate surface area is 163 Å². The van der Waals surface area contributed by atoms with Gasteiger partial charge in [0, 0.05) is 25.5 Å². The van der Waals surface area contributed by atoms with E-state index < -0.39 is 16.0 Å². The minimum Gasteiger partial charge on any atom is -0.494 e. The van der Waals surface area contributed by atoms with Crippen LogP contribution in [0.3, 0.4) is 0 Å². The summed E-state index contributed by atoms with van der Waals surface area (Å²) >= 11 is 5.95. The van der Waals surface area contributed by atoms with Gasteiger partial charge in [0.2, 0.25) is 5.09 Å². The van der Waals surface area contributed by atoms with E-state index in [9.17, 15) is 13.2 Å². The van der Waals surface area contributed by atoms with Crippen molar-refractivity contribution in [3.05, 3.63) is 46.7 Å². The van der Waals surface area contributed by atoms with E-state index in [0.29, 0.717) is 23.8 Å². The molecule has 0 unspecified atom stereocenters. The van der Waals surface area contributed by atoms with Crippen molar-refractivity contribution in [2.75, 3.05) is 20.7 Å². The van der Waals surface area contributed by atoms with Crippen molar-refractivity contribution >= 4 is 27.6 Å². The highest BCUT2D eigenvalue weighted by Crippen LogP contribution is 2.21. The monoisotopic (exact) mass is 415 g/mol. The van der Waals surface area contributed by atoms with Crippen LogP contribution in [0.25, 0.3) is 0 Å². The molecule has 0 radical (unpaired) electrons. The van der Waals surface area contributed by atoms with Crippen LogP contribution < -0.4 is 4.74 Å². The number of carbonyl (C=O) groups excluding carboxylic acids is 1. The molecule has 0 saturated heterocycles. The third kappa shape index (κ3) is 5.98. The van der Waals surface area contributed by atoms with E-state index in [2.05, 4.69) is 0 Å². The van der Waals surface area contributed by atoms with Crippen LogP contribution in [-0.2, 0) is 26.2 Å². The number of rotatable bonds is 9. The molecule has 148 valence electrons. The molecule has 0 bridgehead atoms. The number of ether oxygens (including phenoxy) is 2. The molecule has 0 aliphatic heterocycles. The van der Waals surface area contributed by atoms with Gasteiger partial charge in [-0.25, -0.2) is 12.7 Å². The maximum absolute atomic E-state index is 11.9. The summed E-state index contributed by atoms with van der Waals surface area (Å²) in [5.74, 6) is 0.534. The van der Waals surface area contributed by atoms with Crippen LogP contribution in [0.5, 0.6) is 5.75 Å². The first-order valence-corrected chi connectivity index (χ1v) is 10.1. The third-order valence-corrected chi connectivity index (χ3v) is 5.78. The normalized spacial score (nSPS) is 11.6. The van der Waals surface area contributed by atoms with Crippen LogP contribution in [0.15, 0.2) is 39.8 Å². The van der Waals surface area contributed by atoms with Crippen LogP contribution >= 0.6 is 11.6 Å². The number of carbonyl (C=O) groups is 1. The Morgan fingerprint density at radius 2 is 1.96 bits per heavy atom. The van der Waals surface area contributed by atoms with E-state index in [-0.39, 0.29) is 23.9 Å². The molecule has 0 atom stereocenters. The highest BCUT2D eigenvalue weighted by Gasteiger charge is 2.21. The van der Waals surface area contributed by atoms with E-state index in [4.69, 9.17) is 25.5 Å². The minimum atomic E-state index is -3.64. The molecule has 1 aromatic heterocycles. The molecule has 27 heavy (non-hydrogen) atoms. The van der Waals surface area contributed by atoms with Crippen LogP contribution in [-0.4, -0.2) is 39.4 Å². The Morgan fingerprint density at radius 1 is 1.22 bits per heavy atom. The number of hydrogen-bond donors (Lipinski definition) is 0. The Hall–Kier alpha value is -2.03. The van der Waals surface area contributed by atoms with E-state index in [1.807, 2.05) is 13.0 Å². The van der Waals surface area contributed by atoms with Gasteiger partial charge >= 0.3 is 5.97 Å². The van der Waals surface area contributed by atoms with Gasteiger partial charge in [0.1, 0.15) is 18.1 Å². The Morgan fingerprint density at radius 3 is 2.63 bits per heavy atom. The van der Waals surface area contributed by atoms with Crippen LogP contribution in [0.1, 0.15) is 24.2 Å². The van der Waals surface area contributed by atoms with Crippen molar-refractivity contribution in [3.8, 4) is 5.75 Å². The molecular weight excluding hydrogens is 394 g/mol. The summed E-state index contributed by atoms with van der Waals surface area (Å²) in [6.45, 7) is 2.12. The summed E-state index contributed by atoms with van der Waals surface area (Å²) in [6.07, 6.45) is 0.662. The minimum absolute atomic E-state index is 0.126. The first-order valence-electron chi connectivity index (χ1n) is 8.26. The molecule has 2 rings (SSSR count). The Bertz CT molecular complexity index is 891. The molecule has 2 aromatic rings. The number of halogens is 1. The molecule has 0 aliphatic carbocycles. The quantitative estimate of drug-likeness (QED) is 0.461. The largest absolute Gasteiger partial charge is 0.494 e. The van der Waals surface area contributed by atoms with Crippen molar-refractivity contribution in [1.29, 1.82) is 0 Å². The lowest BCUT2D eigenvalue weighted by Gasteiger charge is -2.08. The molecule has 1 heterocycles. The smallest absolute Gasteiger partial charge is 0.306 e. The maximum Gasteiger partial charge on any atom is 0.306 e. The number of furan rings is 1. The molecule has 0 amide bonds. The zero-order valence-corrected chi connectivity index (χ0v) is 17.0. The fourth-order valence-corrected chi connectivity index (χ4v) is 3.02. The van der Waals surface area contributed by atoms with Gasteiger partial charge in [0.05, 0.1) is 6.61 Å². The molecule has 9 heteroatoms.